The molecule has 0 bridgehead atoms. The molecule has 1 aliphatic carbocycles. The van der Waals surface area contributed by atoms with Crippen LogP contribution in [0, 0.1) is 19.8 Å². The van der Waals surface area contributed by atoms with E-state index in [0.29, 0.717) is 0 Å². The Kier molecular flexibility index (Phi) is 2.46. The molecule has 0 radical (unpaired) electrons. The summed E-state index contributed by atoms with van der Waals surface area (Å²) in [7, 11) is 0. The van der Waals surface area contributed by atoms with E-state index in [-0.39, 0.29) is 0 Å². The van der Waals surface area contributed by atoms with Gasteiger partial charge in [0.2, 0.25) is 0 Å². The zero-order chi connectivity index (χ0) is 12.0. The molecule has 17 heavy (non-hydrogen) atoms. The number of hydrogen-bond donors (Lipinski definition) is 0. The highest BCUT2D eigenvalue weighted by atomic mass is 15.0. The molecule has 2 heterocycles. The maximum absolute atomic E-state index is 4.84. The minimum atomic E-state index is 0.841. The summed E-state index contributed by atoms with van der Waals surface area (Å²) >= 11 is 0. The van der Waals surface area contributed by atoms with Crippen LogP contribution in [-0.4, -0.2) is 9.38 Å². The Morgan fingerprint density at radius 3 is 2.94 bits per heavy atom. The second kappa shape index (κ2) is 3.86. The van der Waals surface area contributed by atoms with Crippen molar-refractivity contribution in [2.75, 3.05) is 0 Å². The Bertz CT molecular complexity index is 566. The van der Waals surface area contributed by atoms with E-state index >= 15 is 0 Å². The van der Waals surface area contributed by atoms with Crippen molar-refractivity contribution >= 4 is 5.65 Å². The summed E-state index contributed by atoms with van der Waals surface area (Å²) in [6, 6.07) is 4.45. The maximum Gasteiger partial charge on any atom is 0.137 e. The summed E-state index contributed by atoms with van der Waals surface area (Å²) in [5.74, 6) is 0.841. The molecule has 1 atom stereocenters. The van der Waals surface area contributed by atoms with Crippen molar-refractivity contribution < 1.29 is 0 Å². The molecule has 90 valence electrons. The lowest BCUT2D eigenvalue weighted by Gasteiger charge is -2.20. The van der Waals surface area contributed by atoms with Crippen molar-refractivity contribution in [3.05, 3.63) is 34.8 Å². The minimum absolute atomic E-state index is 0.841. The number of nitrogens with zero attached hydrogens (tertiary/aromatic N) is 2. The first-order chi connectivity index (χ1) is 8.19. The smallest absolute Gasteiger partial charge is 0.137 e. The molecule has 0 aromatic carbocycles. The van der Waals surface area contributed by atoms with Gasteiger partial charge in [-0.1, -0.05) is 13.3 Å². The van der Waals surface area contributed by atoms with E-state index in [4.69, 9.17) is 4.98 Å². The van der Waals surface area contributed by atoms with E-state index in [1.165, 1.54) is 48.3 Å². The Morgan fingerprint density at radius 2 is 2.18 bits per heavy atom. The predicted molar refractivity (Wildman–Crippen MR) is 70.5 cm³/mol. The SMILES string of the molecule is CCC1CCc2c(nc3cc(C)cc(C)n23)C1. The van der Waals surface area contributed by atoms with E-state index in [2.05, 4.69) is 37.3 Å². The molecule has 2 aromatic rings. The molecule has 0 aliphatic heterocycles. The Balaban J connectivity index is 2.18. The van der Waals surface area contributed by atoms with E-state index in [0.717, 1.165) is 11.6 Å². The normalized spacial score (nSPS) is 19.6. The number of hydrogen-bond acceptors (Lipinski definition) is 1. The molecular formula is C15H20N2. The Labute approximate surface area is 103 Å². The lowest BCUT2D eigenvalue weighted by molar-refractivity contribution is 0.436. The highest BCUT2D eigenvalue weighted by Crippen LogP contribution is 2.29. The summed E-state index contributed by atoms with van der Waals surface area (Å²) in [5.41, 5.74) is 6.58. The first kappa shape index (κ1) is 10.8. The first-order valence-electron chi connectivity index (χ1n) is 6.66. The van der Waals surface area contributed by atoms with Crippen LogP contribution in [-0.2, 0) is 12.8 Å². The van der Waals surface area contributed by atoms with E-state index in [9.17, 15) is 0 Å². The number of fused-ring (bicyclic) bond motifs is 3. The molecule has 0 amide bonds. The summed E-state index contributed by atoms with van der Waals surface area (Å²) in [4.78, 5) is 4.84. The topological polar surface area (TPSA) is 17.3 Å². The standard InChI is InChI=1S/C15H20N2/c1-4-12-5-6-14-13(9-12)16-15-8-10(2)7-11(3)17(14)15/h7-8,12H,4-6,9H2,1-3H3. The molecule has 0 spiro atoms. The van der Waals surface area contributed by atoms with Crippen LogP contribution in [0.1, 0.15) is 42.4 Å². The van der Waals surface area contributed by atoms with Gasteiger partial charge in [0.15, 0.2) is 0 Å². The molecule has 2 nitrogen and oxygen atoms in total. The van der Waals surface area contributed by atoms with Crippen molar-refractivity contribution in [3.63, 3.8) is 0 Å². The van der Waals surface area contributed by atoms with Crippen molar-refractivity contribution in [1.29, 1.82) is 0 Å². The summed E-state index contributed by atoms with van der Waals surface area (Å²) in [6.07, 6.45) is 4.97. The average molecular weight is 228 g/mol. The summed E-state index contributed by atoms with van der Waals surface area (Å²) in [6.45, 7) is 6.63. The number of rotatable bonds is 1. The maximum atomic E-state index is 4.84. The molecular weight excluding hydrogens is 208 g/mol. The fourth-order valence-electron chi connectivity index (χ4n) is 3.13. The van der Waals surface area contributed by atoms with E-state index in [1.54, 1.807) is 0 Å². The molecule has 1 aliphatic rings. The zero-order valence-corrected chi connectivity index (χ0v) is 11.0. The minimum Gasteiger partial charge on any atom is -0.301 e. The third kappa shape index (κ3) is 1.67. The van der Waals surface area contributed by atoms with Crippen LogP contribution in [0.5, 0.6) is 0 Å². The number of aryl methyl sites for hydroxylation is 3. The second-order valence-electron chi connectivity index (χ2n) is 5.39. The predicted octanol–water partition coefficient (Wildman–Crippen LogP) is 3.47. The first-order valence-corrected chi connectivity index (χ1v) is 6.66. The second-order valence-corrected chi connectivity index (χ2v) is 5.39. The monoisotopic (exact) mass is 228 g/mol. The van der Waals surface area contributed by atoms with Crippen LogP contribution in [0.4, 0.5) is 0 Å². The van der Waals surface area contributed by atoms with Gasteiger partial charge in [0, 0.05) is 11.4 Å². The van der Waals surface area contributed by atoms with Gasteiger partial charge in [-0.05, 0) is 56.7 Å². The van der Waals surface area contributed by atoms with Gasteiger partial charge in [0.1, 0.15) is 5.65 Å². The number of pyridine rings is 1. The fraction of sp³-hybridized carbons (Fsp3) is 0.533. The van der Waals surface area contributed by atoms with Gasteiger partial charge < -0.3 is 4.40 Å². The molecule has 0 N–H and O–H groups in total. The number of imidazole rings is 1. The quantitative estimate of drug-likeness (QED) is 0.730. The van der Waals surface area contributed by atoms with Crippen LogP contribution in [0.3, 0.4) is 0 Å². The van der Waals surface area contributed by atoms with Gasteiger partial charge >= 0.3 is 0 Å². The van der Waals surface area contributed by atoms with Crippen LogP contribution in [0.15, 0.2) is 12.1 Å². The highest BCUT2D eigenvalue weighted by molar-refractivity contribution is 5.48. The molecule has 0 saturated heterocycles. The molecule has 1 unspecified atom stereocenters. The molecule has 0 fully saturated rings. The molecule has 3 rings (SSSR count). The van der Waals surface area contributed by atoms with Crippen molar-refractivity contribution in [1.82, 2.24) is 9.38 Å². The zero-order valence-electron chi connectivity index (χ0n) is 11.0. The molecule has 2 heteroatoms. The highest BCUT2D eigenvalue weighted by Gasteiger charge is 2.22. The van der Waals surface area contributed by atoms with E-state index in [1.807, 2.05) is 0 Å². The van der Waals surface area contributed by atoms with Crippen LogP contribution in [0.25, 0.3) is 5.65 Å². The summed E-state index contributed by atoms with van der Waals surface area (Å²) in [5, 5.41) is 0. The van der Waals surface area contributed by atoms with Crippen molar-refractivity contribution in [3.8, 4) is 0 Å². The van der Waals surface area contributed by atoms with Crippen LogP contribution < -0.4 is 0 Å². The summed E-state index contributed by atoms with van der Waals surface area (Å²) < 4.78 is 2.36. The lowest BCUT2D eigenvalue weighted by atomic mass is 9.88. The van der Waals surface area contributed by atoms with E-state index < -0.39 is 0 Å². The average Bonchev–Trinajstić information content (AvgIpc) is 2.65. The Morgan fingerprint density at radius 1 is 1.35 bits per heavy atom. The largest absolute Gasteiger partial charge is 0.301 e. The number of aromatic nitrogens is 2. The van der Waals surface area contributed by atoms with Gasteiger partial charge in [-0.2, -0.15) is 0 Å². The third-order valence-electron chi connectivity index (χ3n) is 4.08. The van der Waals surface area contributed by atoms with Gasteiger partial charge in [0.05, 0.1) is 5.69 Å². The van der Waals surface area contributed by atoms with Crippen LogP contribution in [0.2, 0.25) is 0 Å². The van der Waals surface area contributed by atoms with Gasteiger partial charge in [0.25, 0.3) is 0 Å². The van der Waals surface area contributed by atoms with Crippen LogP contribution >= 0.6 is 0 Å². The Hall–Kier alpha value is -1.31. The van der Waals surface area contributed by atoms with Gasteiger partial charge in [-0.3, -0.25) is 0 Å². The van der Waals surface area contributed by atoms with Crippen molar-refractivity contribution in [2.24, 2.45) is 5.92 Å². The van der Waals surface area contributed by atoms with Gasteiger partial charge in [-0.15, -0.1) is 0 Å². The fourth-order valence-corrected chi connectivity index (χ4v) is 3.13. The molecule has 0 saturated carbocycles. The van der Waals surface area contributed by atoms with Gasteiger partial charge in [-0.25, -0.2) is 4.98 Å². The molecule has 2 aromatic heterocycles. The third-order valence-corrected chi connectivity index (χ3v) is 4.08. The van der Waals surface area contributed by atoms with Crippen molar-refractivity contribution in [2.45, 2.75) is 46.5 Å². The lowest BCUT2D eigenvalue weighted by Crippen LogP contribution is -2.14.